The highest BCUT2D eigenvalue weighted by atomic mass is 19.4. The molecule has 88 valence electrons. The molecule has 1 aromatic rings. The van der Waals surface area contributed by atoms with Gasteiger partial charge in [0.1, 0.15) is 0 Å². The first-order valence-electron chi connectivity index (χ1n) is 6.72. The van der Waals surface area contributed by atoms with Gasteiger partial charge < -0.3 is 10.2 Å². The second-order valence-corrected chi connectivity index (χ2v) is 3.30. The molecule has 0 saturated carbocycles. The van der Waals surface area contributed by atoms with Gasteiger partial charge in [0.25, 0.3) is 0 Å². The topological polar surface area (TPSA) is 15.3 Å². The molecule has 2 rings (SSSR count). The zero-order valence-corrected chi connectivity index (χ0v) is 8.30. The molecule has 1 aromatic carbocycles. The Bertz CT molecular complexity index is 471. The van der Waals surface area contributed by atoms with E-state index in [4.69, 9.17) is 5.48 Å². The van der Waals surface area contributed by atoms with Crippen LogP contribution in [0, 0.1) is 0 Å². The van der Waals surface area contributed by atoms with Gasteiger partial charge in [0, 0.05) is 31.8 Å². The lowest BCUT2D eigenvalue weighted by atomic mass is 10.2. The fraction of sp³-hybridized carbons (Fsp3) is 0.455. The summed E-state index contributed by atoms with van der Waals surface area (Å²) in [5.74, 6) is 0. The van der Waals surface area contributed by atoms with E-state index in [-0.39, 0.29) is 18.8 Å². The molecular weight excluding hydrogens is 217 g/mol. The number of anilines is 1. The number of hydrogen-bond donors (Lipinski definition) is 1. The van der Waals surface area contributed by atoms with Crippen LogP contribution in [0.2, 0.25) is 0 Å². The van der Waals surface area contributed by atoms with Gasteiger partial charge in [0.2, 0.25) is 0 Å². The molecule has 0 aromatic heterocycles. The Balaban J connectivity index is 2.38. The maximum Gasteiger partial charge on any atom is 0.416 e. The van der Waals surface area contributed by atoms with Crippen molar-refractivity contribution in [2.45, 2.75) is 6.18 Å². The third-order valence-electron chi connectivity index (χ3n) is 2.18. The van der Waals surface area contributed by atoms with E-state index in [1.165, 1.54) is 0 Å². The molecule has 0 unspecified atom stereocenters. The second-order valence-electron chi connectivity index (χ2n) is 3.30. The van der Waals surface area contributed by atoms with E-state index in [2.05, 4.69) is 5.32 Å². The van der Waals surface area contributed by atoms with Gasteiger partial charge in [-0.2, -0.15) is 13.2 Å². The molecule has 0 aliphatic carbocycles. The Morgan fingerprint density at radius 3 is 2.19 bits per heavy atom. The summed E-state index contributed by atoms with van der Waals surface area (Å²) in [6.45, 7) is -4.26. The molecular formula is C11H13F3N2. The Kier molecular flexibility index (Phi) is 1.94. The Morgan fingerprint density at radius 2 is 1.69 bits per heavy atom. The smallest absolute Gasteiger partial charge is 0.369 e. The first-order valence-corrected chi connectivity index (χ1v) is 4.72. The monoisotopic (exact) mass is 234 g/mol. The van der Waals surface area contributed by atoms with E-state index >= 15 is 0 Å². The van der Waals surface area contributed by atoms with Crippen LogP contribution in [0.25, 0.3) is 0 Å². The number of alkyl halides is 3. The zero-order chi connectivity index (χ0) is 15.2. The standard InChI is InChI=1S/C11H13F3N2/c12-11(13,14)9-1-3-10(4-2-9)16-7-5-15-6-8-16/h1-4,15H,5-8H2/i7D2,8D2. The highest BCUT2D eigenvalue weighted by Crippen LogP contribution is 2.30. The average Bonchev–Trinajstić information content (AvgIpc) is 2.25. The van der Waals surface area contributed by atoms with Crippen LogP contribution in [0.5, 0.6) is 0 Å². The van der Waals surface area contributed by atoms with Crippen LogP contribution in [-0.4, -0.2) is 26.1 Å². The van der Waals surface area contributed by atoms with E-state index in [1.807, 2.05) is 0 Å². The molecule has 2 nitrogen and oxygen atoms in total. The second kappa shape index (κ2) is 4.33. The minimum absolute atomic E-state index is 0.0782. The number of halogens is 3. The van der Waals surface area contributed by atoms with Gasteiger partial charge in [0.05, 0.1) is 11.0 Å². The molecule has 1 N–H and O–H groups in total. The lowest BCUT2D eigenvalue weighted by Gasteiger charge is -2.29. The number of piperazine rings is 1. The van der Waals surface area contributed by atoms with Crippen molar-refractivity contribution >= 4 is 5.69 Å². The number of nitrogens with one attached hydrogen (secondary N) is 1. The third kappa shape index (κ3) is 2.47. The highest BCUT2D eigenvalue weighted by Gasteiger charge is 2.30. The lowest BCUT2D eigenvalue weighted by molar-refractivity contribution is -0.137. The molecule has 0 atom stereocenters. The van der Waals surface area contributed by atoms with E-state index in [9.17, 15) is 13.2 Å². The lowest BCUT2D eigenvalue weighted by Crippen LogP contribution is -2.43. The third-order valence-corrected chi connectivity index (χ3v) is 2.18. The van der Waals surface area contributed by atoms with Crippen LogP contribution in [0.1, 0.15) is 11.0 Å². The number of nitrogens with zero attached hydrogens (tertiary/aromatic N) is 1. The van der Waals surface area contributed by atoms with Crippen molar-refractivity contribution in [2.75, 3.05) is 31.0 Å². The number of hydrogen-bond acceptors (Lipinski definition) is 2. The molecule has 0 radical (unpaired) electrons. The van der Waals surface area contributed by atoms with E-state index in [0.29, 0.717) is 0 Å². The van der Waals surface area contributed by atoms with Gasteiger partial charge in [-0.15, -0.1) is 0 Å². The van der Waals surface area contributed by atoms with E-state index < -0.39 is 24.7 Å². The molecule has 1 saturated heterocycles. The van der Waals surface area contributed by atoms with Crippen LogP contribution in [0.3, 0.4) is 0 Å². The number of rotatable bonds is 1. The number of benzene rings is 1. The van der Waals surface area contributed by atoms with Crippen molar-refractivity contribution in [1.82, 2.24) is 5.32 Å². The molecule has 1 aliphatic heterocycles. The summed E-state index contributed by atoms with van der Waals surface area (Å²) in [5.41, 5.74) is -0.771. The molecule has 0 bridgehead atoms. The van der Waals surface area contributed by atoms with Crippen LogP contribution < -0.4 is 10.2 Å². The van der Waals surface area contributed by atoms with Gasteiger partial charge in [-0.3, -0.25) is 0 Å². The van der Waals surface area contributed by atoms with Crippen molar-refractivity contribution in [1.29, 1.82) is 0 Å². The molecule has 1 fully saturated rings. The summed E-state index contributed by atoms with van der Waals surface area (Å²) in [5, 5.41) is 2.63. The molecule has 1 aliphatic rings. The minimum atomic E-state index is -4.47. The molecule has 16 heavy (non-hydrogen) atoms. The highest BCUT2D eigenvalue weighted by molar-refractivity contribution is 5.48. The van der Waals surface area contributed by atoms with Crippen molar-refractivity contribution in [3.05, 3.63) is 29.8 Å². The van der Waals surface area contributed by atoms with Crippen LogP contribution in [-0.2, 0) is 6.18 Å². The van der Waals surface area contributed by atoms with Crippen molar-refractivity contribution in [3.8, 4) is 0 Å². The van der Waals surface area contributed by atoms with E-state index in [0.717, 1.165) is 29.2 Å². The predicted octanol–water partition coefficient (Wildman–Crippen LogP) is 2.12. The van der Waals surface area contributed by atoms with Crippen LogP contribution in [0.4, 0.5) is 18.9 Å². The summed E-state index contributed by atoms with van der Waals surface area (Å²) >= 11 is 0. The van der Waals surface area contributed by atoms with Crippen LogP contribution >= 0.6 is 0 Å². The predicted molar refractivity (Wildman–Crippen MR) is 56.5 cm³/mol. The summed E-state index contributed by atoms with van der Waals surface area (Å²) in [6, 6.07) is 3.82. The molecule has 0 spiro atoms. The summed E-state index contributed by atoms with van der Waals surface area (Å²) in [6.07, 6.45) is -4.47. The van der Waals surface area contributed by atoms with Crippen molar-refractivity contribution in [3.63, 3.8) is 0 Å². The SMILES string of the molecule is [2H]C1([2H])CNCC([2H])([2H])N1c1ccc(C(F)(F)F)cc1. The van der Waals surface area contributed by atoms with Gasteiger partial charge in [-0.25, -0.2) is 0 Å². The summed E-state index contributed by atoms with van der Waals surface area (Å²) in [4.78, 5) is 0.872. The average molecular weight is 234 g/mol. The normalized spacial score (nSPS) is 27.6. The molecule has 5 heteroatoms. The van der Waals surface area contributed by atoms with Gasteiger partial charge in [0.15, 0.2) is 0 Å². The van der Waals surface area contributed by atoms with Crippen LogP contribution in [0.15, 0.2) is 24.3 Å². The molecule has 0 amide bonds. The fourth-order valence-corrected chi connectivity index (χ4v) is 1.37. The first-order chi connectivity index (χ1) is 9.04. The van der Waals surface area contributed by atoms with E-state index in [1.54, 1.807) is 0 Å². The van der Waals surface area contributed by atoms with Crippen molar-refractivity contribution < 1.29 is 18.7 Å². The fourth-order valence-electron chi connectivity index (χ4n) is 1.37. The summed E-state index contributed by atoms with van der Waals surface area (Å²) < 4.78 is 68.8. The quantitative estimate of drug-likeness (QED) is 0.800. The maximum absolute atomic E-state index is 12.5. The van der Waals surface area contributed by atoms with Gasteiger partial charge >= 0.3 is 6.18 Å². The van der Waals surface area contributed by atoms with Gasteiger partial charge in [-0.1, -0.05) is 0 Å². The minimum Gasteiger partial charge on any atom is -0.369 e. The Hall–Kier alpha value is -1.23. The maximum atomic E-state index is 12.5. The largest absolute Gasteiger partial charge is 0.416 e. The van der Waals surface area contributed by atoms with Crippen molar-refractivity contribution in [2.24, 2.45) is 0 Å². The van der Waals surface area contributed by atoms with Gasteiger partial charge in [-0.05, 0) is 24.3 Å². The zero-order valence-electron chi connectivity index (χ0n) is 12.3. The first kappa shape index (κ1) is 7.17. The summed E-state index contributed by atoms with van der Waals surface area (Å²) in [7, 11) is 0. The molecule has 1 heterocycles. The Morgan fingerprint density at radius 1 is 1.12 bits per heavy atom. The Labute approximate surface area is 97.7 Å².